The average molecular weight is 425 g/mol. The summed E-state index contributed by atoms with van der Waals surface area (Å²) in [6.07, 6.45) is 5.76. The van der Waals surface area contributed by atoms with Crippen molar-refractivity contribution < 1.29 is 9.90 Å². The molecule has 0 radical (unpaired) electrons. The Labute approximate surface area is 183 Å². The third-order valence-corrected chi connectivity index (χ3v) is 8.80. The van der Waals surface area contributed by atoms with Crippen molar-refractivity contribution in [2.24, 2.45) is 11.8 Å². The Bertz CT molecular complexity index is 938. The van der Waals surface area contributed by atoms with E-state index < -0.39 is 5.97 Å². The number of carboxylic acid groups (broad SMARTS) is 1. The minimum absolute atomic E-state index is 0.131. The molecule has 2 unspecified atom stereocenters. The predicted octanol–water partition coefficient (Wildman–Crippen LogP) is 6.23. The van der Waals surface area contributed by atoms with Crippen molar-refractivity contribution >= 4 is 28.1 Å². The molecule has 2 aromatic rings. The number of benzene rings is 1. The number of aliphatic carboxylic acids is 1. The number of hydrogen-bond donors (Lipinski definition) is 1. The summed E-state index contributed by atoms with van der Waals surface area (Å²) in [6.45, 7) is 10.4. The highest BCUT2D eigenvalue weighted by Crippen LogP contribution is 2.51. The highest BCUT2D eigenvalue weighted by molar-refractivity contribution is 7.16. The zero-order valence-corrected chi connectivity index (χ0v) is 19.3. The molecule has 0 saturated heterocycles. The molecule has 5 rings (SSSR count). The molecule has 0 spiro atoms. The Balaban J connectivity index is 1.47. The lowest BCUT2D eigenvalue weighted by Gasteiger charge is -2.37. The van der Waals surface area contributed by atoms with Gasteiger partial charge in [0.25, 0.3) is 0 Å². The van der Waals surface area contributed by atoms with Crippen LogP contribution in [0.15, 0.2) is 24.3 Å². The Hall–Kier alpha value is -1.88. The van der Waals surface area contributed by atoms with Crippen molar-refractivity contribution in [3.05, 3.63) is 40.4 Å². The van der Waals surface area contributed by atoms with Gasteiger partial charge in [-0.15, -0.1) is 11.3 Å². The van der Waals surface area contributed by atoms with Crippen LogP contribution in [0.5, 0.6) is 0 Å². The van der Waals surface area contributed by atoms with Crippen molar-refractivity contribution in [1.29, 1.82) is 0 Å². The molecule has 1 heterocycles. The highest BCUT2D eigenvalue weighted by atomic mass is 32.1. The molecular formula is C25H32N2O2S. The first-order valence-electron chi connectivity index (χ1n) is 11.3. The Morgan fingerprint density at radius 2 is 1.80 bits per heavy atom. The lowest BCUT2D eigenvalue weighted by molar-refractivity contribution is -0.138. The molecule has 160 valence electrons. The molecule has 0 bridgehead atoms. The molecule has 0 aliphatic heterocycles. The van der Waals surface area contributed by atoms with Crippen molar-refractivity contribution in [3.63, 3.8) is 0 Å². The zero-order chi connectivity index (χ0) is 21.3. The van der Waals surface area contributed by atoms with Gasteiger partial charge in [-0.1, -0.05) is 39.8 Å². The molecule has 2 saturated carbocycles. The lowest BCUT2D eigenvalue weighted by Crippen LogP contribution is -2.32. The number of anilines is 2. The standard InChI is InChI=1S/C25H32N2O2S/c1-24(2)11-12-25(3,4)21-20(24)26-23(30-21)27(14-15-5-6-15)17-9-7-16(8-10-17)18-13-19(18)22(28)29/h7-10,15,18-19H,5-6,11-14H2,1-4H3,(H,28,29). The highest BCUT2D eigenvalue weighted by Gasteiger charge is 2.44. The number of nitrogens with zero attached hydrogens (tertiary/aromatic N) is 2. The Kier molecular flexibility index (Phi) is 4.55. The second-order valence-corrected chi connectivity index (χ2v) is 11.9. The van der Waals surface area contributed by atoms with Crippen LogP contribution in [0.1, 0.15) is 81.9 Å². The monoisotopic (exact) mass is 424 g/mol. The number of thiazole rings is 1. The second-order valence-electron chi connectivity index (χ2n) is 10.9. The Morgan fingerprint density at radius 1 is 1.13 bits per heavy atom. The first kappa shape index (κ1) is 20.0. The number of hydrogen-bond acceptors (Lipinski definition) is 4. The summed E-state index contributed by atoms with van der Waals surface area (Å²) in [7, 11) is 0. The Morgan fingerprint density at radius 3 is 2.37 bits per heavy atom. The van der Waals surface area contributed by atoms with Gasteiger partial charge in [0.05, 0.1) is 11.6 Å². The fourth-order valence-electron chi connectivity index (χ4n) is 4.79. The summed E-state index contributed by atoms with van der Waals surface area (Å²) in [4.78, 5) is 20.3. The zero-order valence-electron chi connectivity index (χ0n) is 18.4. The molecule has 1 aromatic heterocycles. The van der Waals surface area contributed by atoms with E-state index in [1.165, 1.54) is 41.9 Å². The molecule has 0 amide bonds. The van der Waals surface area contributed by atoms with Crippen LogP contribution in [0.2, 0.25) is 0 Å². The summed E-state index contributed by atoms with van der Waals surface area (Å²) < 4.78 is 0. The van der Waals surface area contributed by atoms with Gasteiger partial charge in [0.15, 0.2) is 5.13 Å². The van der Waals surface area contributed by atoms with Crippen molar-refractivity contribution in [2.45, 2.75) is 76.5 Å². The summed E-state index contributed by atoms with van der Waals surface area (Å²) in [5.74, 6) is 0.0697. The lowest BCUT2D eigenvalue weighted by atomic mass is 9.69. The smallest absolute Gasteiger partial charge is 0.307 e. The number of carbonyl (C=O) groups is 1. The summed E-state index contributed by atoms with van der Waals surface area (Å²) >= 11 is 1.88. The van der Waals surface area contributed by atoms with E-state index in [9.17, 15) is 9.90 Å². The first-order valence-corrected chi connectivity index (χ1v) is 12.1. The number of aromatic nitrogens is 1. The van der Waals surface area contributed by atoms with Crippen LogP contribution in [0.25, 0.3) is 0 Å². The average Bonchev–Trinajstić information content (AvgIpc) is 3.61. The predicted molar refractivity (Wildman–Crippen MR) is 122 cm³/mol. The molecule has 3 aliphatic rings. The van der Waals surface area contributed by atoms with E-state index in [-0.39, 0.29) is 22.7 Å². The third-order valence-electron chi connectivity index (χ3n) is 7.36. The van der Waals surface area contributed by atoms with Crippen LogP contribution in [0.3, 0.4) is 0 Å². The van der Waals surface area contributed by atoms with Gasteiger partial charge in [0.2, 0.25) is 0 Å². The maximum Gasteiger partial charge on any atom is 0.307 e. The van der Waals surface area contributed by atoms with Crippen LogP contribution < -0.4 is 4.90 Å². The fourth-order valence-corrected chi connectivity index (χ4v) is 6.20. The summed E-state index contributed by atoms with van der Waals surface area (Å²) in [5, 5.41) is 10.4. The maximum absolute atomic E-state index is 11.2. The second kappa shape index (κ2) is 6.81. The van der Waals surface area contributed by atoms with E-state index in [4.69, 9.17) is 4.98 Å². The van der Waals surface area contributed by atoms with Crippen molar-refractivity contribution in [1.82, 2.24) is 4.98 Å². The number of rotatable bonds is 6. The van der Waals surface area contributed by atoms with Crippen molar-refractivity contribution in [2.75, 3.05) is 11.4 Å². The van der Waals surface area contributed by atoms with Gasteiger partial charge in [-0.2, -0.15) is 0 Å². The molecule has 5 heteroatoms. The molecule has 2 fully saturated rings. The fraction of sp³-hybridized carbons (Fsp3) is 0.600. The molecule has 4 nitrogen and oxygen atoms in total. The van der Waals surface area contributed by atoms with Gasteiger partial charge in [0.1, 0.15) is 0 Å². The van der Waals surface area contributed by atoms with Gasteiger partial charge in [-0.3, -0.25) is 4.79 Å². The van der Waals surface area contributed by atoms with E-state index in [1.807, 2.05) is 11.3 Å². The molecule has 3 aliphatic carbocycles. The van der Waals surface area contributed by atoms with Gasteiger partial charge in [-0.05, 0) is 61.6 Å². The van der Waals surface area contributed by atoms with Crippen LogP contribution in [0, 0.1) is 11.8 Å². The van der Waals surface area contributed by atoms with Gasteiger partial charge in [-0.25, -0.2) is 4.98 Å². The minimum atomic E-state index is -0.668. The number of carboxylic acids is 1. The van der Waals surface area contributed by atoms with Gasteiger partial charge >= 0.3 is 5.97 Å². The van der Waals surface area contributed by atoms with Gasteiger partial charge < -0.3 is 10.0 Å². The number of fused-ring (bicyclic) bond motifs is 1. The third kappa shape index (κ3) is 3.55. The van der Waals surface area contributed by atoms with E-state index in [0.717, 1.165) is 29.6 Å². The van der Waals surface area contributed by atoms with E-state index in [1.54, 1.807) is 0 Å². The summed E-state index contributed by atoms with van der Waals surface area (Å²) in [5.41, 5.74) is 3.94. The molecule has 30 heavy (non-hydrogen) atoms. The van der Waals surface area contributed by atoms with Crippen LogP contribution in [-0.4, -0.2) is 22.6 Å². The molecule has 1 aromatic carbocycles. The largest absolute Gasteiger partial charge is 0.481 e. The van der Waals surface area contributed by atoms with Crippen LogP contribution >= 0.6 is 11.3 Å². The van der Waals surface area contributed by atoms with Crippen LogP contribution in [-0.2, 0) is 15.6 Å². The molecule has 1 N–H and O–H groups in total. The normalized spacial score (nSPS) is 26.1. The van der Waals surface area contributed by atoms with Gasteiger partial charge in [0, 0.05) is 27.9 Å². The SMILES string of the molecule is CC1(C)CCC(C)(C)c2sc(N(CC3CC3)c3ccc(C4CC4C(=O)O)cc3)nc21. The van der Waals surface area contributed by atoms with Crippen LogP contribution in [0.4, 0.5) is 10.8 Å². The van der Waals surface area contributed by atoms with E-state index in [0.29, 0.717) is 0 Å². The minimum Gasteiger partial charge on any atom is -0.481 e. The summed E-state index contributed by atoms with van der Waals surface area (Å²) in [6, 6.07) is 8.60. The molecule has 2 atom stereocenters. The molecular weight excluding hydrogens is 392 g/mol. The topological polar surface area (TPSA) is 53.4 Å². The van der Waals surface area contributed by atoms with E-state index in [2.05, 4.69) is 56.9 Å². The quantitative estimate of drug-likeness (QED) is 0.597. The van der Waals surface area contributed by atoms with Crippen molar-refractivity contribution in [3.8, 4) is 0 Å². The van der Waals surface area contributed by atoms with E-state index >= 15 is 0 Å². The first-order chi connectivity index (χ1) is 14.2. The maximum atomic E-state index is 11.2.